The van der Waals surface area contributed by atoms with E-state index in [0.29, 0.717) is 56.6 Å². The Bertz CT molecular complexity index is 1570. The molecular formula is C30H39BrN7O5P. The van der Waals surface area contributed by atoms with Gasteiger partial charge in [-0.1, -0.05) is 0 Å². The highest BCUT2D eigenvalue weighted by Gasteiger charge is 2.35. The second-order valence-corrected chi connectivity index (χ2v) is 15.7. The number of hydrogen-bond acceptors (Lipinski definition) is 12. The van der Waals surface area contributed by atoms with Gasteiger partial charge in [0.05, 0.1) is 34.4 Å². The molecule has 0 saturated carbocycles. The minimum Gasteiger partial charge on any atom is -0.494 e. The number of piperidine rings is 1. The molecule has 3 aliphatic rings. The number of ether oxygens (including phenoxy) is 2. The van der Waals surface area contributed by atoms with E-state index in [1.165, 1.54) is 5.69 Å². The molecule has 0 aliphatic carbocycles. The van der Waals surface area contributed by atoms with Crippen LogP contribution >= 0.6 is 23.1 Å². The van der Waals surface area contributed by atoms with Crippen molar-refractivity contribution < 1.29 is 23.7 Å². The van der Waals surface area contributed by atoms with Crippen LogP contribution in [0.15, 0.2) is 34.9 Å². The van der Waals surface area contributed by atoms with Crippen molar-refractivity contribution >= 4 is 57.2 Å². The summed E-state index contributed by atoms with van der Waals surface area (Å²) in [6.45, 7) is 12.4. The van der Waals surface area contributed by atoms with Gasteiger partial charge in [-0.3, -0.25) is 4.90 Å². The van der Waals surface area contributed by atoms with Gasteiger partial charge in [0.1, 0.15) is 18.7 Å². The highest BCUT2D eigenvalue weighted by atomic mass is 79.9. The van der Waals surface area contributed by atoms with Gasteiger partial charge in [-0.15, -0.1) is 0 Å². The molecule has 0 amide bonds. The molecule has 2 aromatic carbocycles. The Morgan fingerprint density at radius 3 is 2.61 bits per heavy atom. The van der Waals surface area contributed by atoms with Crippen LogP contribution in [-0.2, 0) is 9.30 Å². The number of nitrogens with zero attached hydrogens (tertiary/aromatic N) is 4. The van der Waals surface area contributed by atoms with Gasteiger partial charge in [0.2, 0.25) is 11.7 Å². The molecule has 0 unspecified atom stereocenters. The van der Waals surface area contributed by atoms with Crippen molar-refractivity contribution in [3.8, 4) is 17.2 Å². The summed E-state index contributed by atoms with van der Waals surface area (Å²) in [5, 5.41) is 7.16. The van der Waals surface area contributed by atoms with Gasteiger partial charge in [0.15, 0.2) is 5.75 Å². The molecule has 0 spiro atoms. The van der Waals surface area contributed by atoms with Gasteiger partial charge < -0.3 is 39.2 Å². The van der Waals surface area contributed by atoms with E-state index < -0.39 is 7.14 Å². The number of fused-ring (bicyclic) bond motifs is 1. The first-order valence-corrected chi connectivity index (χ1v) is 18.2. The Balaban J connectivity index is 1.17. The van der Waals surface area contributed by atoms with Gasteiger partial charge in [-0.25, -0.2) is 4.98 Å². The van der Waals surface area contributed by atoms with Gasteiger partial charge in [0, 0.05) is 62.4 Å². The monoisotopic (exact) mass is 687 g/mol. The van der Waals surface area contributed by atoms with Crippen LogP contribution in [0, 0.1) is 6.92 Å². The van der Waals surface area contributed by atoms with Crippen LogP contribution in [0.3, 0.4) is 0 Å². The van der Waals surface area contributed by atoms with Gasteiger partial charge in [0.25, 0.3) is 0 Å². The Morgan fingerprint density at radius 2 is 1.91 bits per heavy atom. The molecule has 0 bridgehead atoms. The number of aryl methyl sites for hydroxylation is 1. The lowest BCUT2D eigenvalue weighted by atomic mass is 9.97. The van der Waals surface area contributed by atoms with Gasteiger partial charge in [-0.05, 0) is 79.7 Å². The first-order valence-electron chi connectivity index (χ1n) is 14.8. The zero-order valence-corrected chi connectivity index (χ0v) is 28.1. The Morgan fingerprint density at radius 1 is 1.14 bits per heavy atom. The number of nitrogens with one attached hydrogen (secondary N) is 3. The van der Waals surface area contributed by atoms with E-state index in [0.717, 1.165) is 56.9 Å². The van der Waals surface area contributed by atoms with Crippen LogP contribution in [0.25, 0.3) is 0 Å². The third kappa shape index (κ3) is 6.34. The van der Waals surface area contributed by atoms with E-state index in [-0.39, 0.29) is 0 Å². The van der Waals surface area contributed by atoms with E-state index in [4.69, 9.17) is 24.1 Å². The number of hydrogen-bond donors (Lipinski definition) is 3. The molecule has 6 rings (SSSR count). The average molecular weight is 689 g/mol. The molecule has 236 valence electrons. The zero-order valence-electron chi connectivity index (χ0n) is 25.6. The fraction of sp³-hybridized carbons (Fsp3) is 0.467. The highest BCUT2D eigenvalue weighted by molar-refractivity contribution is 9.10. The fourth-order valence-corrected chi connectivity index (χ4v) is 7.75. The third-order valence-corrected chi connectivity index (χ3v) is 10.4. The summed E-state index contributed by atoms with van der Waals surface area (Å²) in [5.74, 6) is 2.45. The van der Waals surface area contributed by atoms with Crippen molar-refractivity contribution in [3.63, 3.8) is 0 Å². The number of aromatic nitrogens is 2. The van der Waals surface area contributed by atoms with Crippen molar-refractivity contribution in [2.75, 3.05) is 68.8 Å². The van der Waals surface area contributed by atoms with E-state index in [2.05, 4.69) is 73.0 Å². The topological polar surface area (TPSA) is 122 Å². The van der Waals surface area contributed by atoms with Crippen molar-refractivity contribution in [2.24, 2.45) is 0 Å². The SMILES string of the molecule is CCOC1CN(C2CCN(c3cc(OC)c(Nc4ncc(Br)c(Nc5ccc6c(c5P(C)(C)=O)ONO6)n4)cc3C)CC2)C1. The van der Waals surface area contributed by atoms with Crippen LogP contribution in [0.5, 0.6) is 17.2 Å². The number of rotatable bonds is 10. The predicted molar refractivity (Wildman–Crippen MR) is 176 cm³/mol. The molecule has 3 aromatic rings. The molecule has 0 atom stereocenters. The fourth-order valence-electron chi connectivity index (χ4n) is 6.10. The van der Waals surface area contributed by atoms with Crippen molar-refractivity contribution in [2.45, 2.75) is 38.8 Å². The lowest BCUT2D eigenvalue weighted by molar-refractivity contribution is -0.0712. The predicted octanol–water partition coefficient (Wildman–Crippen LogP) is 5.17. The molecule has 3 aliphatic heterocycles. The second kappa shape index (κ2) is 12.7. The lowest BCUT2D eigenvalue weighted by Gasteiger charge is -2.47. The molecule has 2 saturated heterocycles. The van der Waals surface area contributed by atoms with Gasteiger partial charge >= 0.3 is 0 Å². The van der Waals surface area contributed by atoms with Crippen LogP contribution < -0.4 is 40.9 Å². The first-order chi connectivity index (χ1) is 21.1. The Labute approximate surface area is 266 Å². The quantitative estimate of drug-likeness (QED) is 0.244. The van der Waals surface area contributed by atoms with Crippen LogP contribution in [-0.4, -0.2) is 80.2 Å². The second-order valence-electron chi connectivity index (χ2n) is 11.7. The maximum Gasteiger partial charge on any atom is 0.229 e. The third-order valence-electron chi connectivity index (χ3n) is 8.29. The van der Waals surface area contributed by atoms with Crippen LogP contribution in [0.1, 0.15) is 25.3 Å². The first kappa shape index (κ1) is 30.9. The lowest BCUT2D eigenvalue weighted by Crippen LogP contribution is -2.58. The number of halogens is 1. The molecule has 1 aromatic heterocycles. The Kier molecular flexibility index (Phi) is 8.94. The number of anilines is 5. The van der Waals surface area contributed by atoms with Gasteiger partial charge in [-0.2, -0.15) is 4.98 Å². The molecule has 44 heavy (non-hydrogen) atoms. The molecular weight excluding hydrogens is 649 g/mol. The summed E-state index contributed by atoms with van der Waals surface area (Å²) in [7, 11) is -1.10. The molecule has 2 fully saturated rings. The van der Waals surface area contributed by atoms with Crippen LogP contribution in [0.2, 0.25) is 0 Å². The molecule has 14 heteroatoms. The average Bonchev–Trinajstić information content (AvgIpc) is 3.45. The molecule has 0 radical (unpaired) electrons. The number of methoxy groups -OCH3 is 1. The van der Waals surface area contributed by atoms with Crippen molar-refractivity contribution in [1.82, 2.24) is 20.5 Å². The minimum absolute atomic E-state index is 0.377. The molecule has 3 N–H and O–H groups in total. The summed E-state index contributed by atoms with van der Waals surface area (Å²) in [4.78, 5) is 24.9. The van der Waals surface area contributed by atoms with Crippen LogP contribution in [0.4, 0.5) is 28.8 Å². The molecule has 12 nitrogen and oxygen atoms in total. The number of likely N-dealkylation sites (tertiary alicyclic amines) is 1. The summed E-state index contributed by atoms with van der Waals surface area (Å²) in [5.41, 5.74) is 6.06. The Hall–Kier alpha value is -3.09. The summed E-state index contributed by atoms with van der Waals surface area (Å²) < 4.78 is 25.4. The van der Waals surface area contributed by atoms with E-state index in [1.807, 2.05) is 0 Å². The maximum absolute atomic E-state index is 13.2. The van der Waals surface area contributed by atoms with Crippen molar-refractivity contribution in [1.29, 1.82) is 0 Å². The smallest absolute Gasteiger partial charge is 0.229 e. The van der Waals surface area contributed by atoms with E-state index in [1.54, 1.807) is 38.8 Å². The van der Waals surface area contributed by atoms with E-state index in [9.17, 15) is 4.57 Å². The highest BCUT2D eigenvalue weighted by Crippen LogP contribution is 2.47. The largest absolute Gasteiger partial charge is 0.494 e. The zero-order chi connectivity index (χ0) is 31.0. The summed E-state index contributed by atoms with van der Waals surface area (Å²) in [6, 6.07) is 8.33. The maximum atomic E-state index is 13.2. The standard InChI is InChI=1S/C30H39BrN7O5P/c1-6-41-20-16-38(17-20)19-9-11-37(12-10-19)24-14-26(40-3)23(13-18(24)2)34-30-32-15-21(31)29(35-30)33-22-7-8-25-27(43-36-42-25)28(22)44(4,5)39/h7-8,13-15,19-20,36H,6,9-12,16-17H2,1-5H3,(H2,32,33,34,35). The van der Waals surface area contributed by atoms with Crippen molar-refractivity contribution in [3.05, 3.63) is 40.5 Å². The summed E-state index contributed by atoms with van der Waals surface area (Å²) >= 11 is 3.54. The van der Waals surface area contributed by atoms with E-state index >= 15 is 0 Å². The minimum atomic E-state index is -2.77. The summed E-state index contributed by atoms with van der Waals surface area (Å²) in [6.07, 6.45) is 4.33. The molecule has 4 heterocycles. The normalized spacial score (nSPS) is 17.5. The number of benzene rings is 2.